The SMILES string of the molecule is OCCCCCN(CC1CCCNC1)C1CC1. The van der Waals surface area contributed by atoms with Gasteiger partial charge < -0.3 is 15.3 Å². The summed E-state index contributed by atoms with van der Waals surface area (Å²) in [4.78, 5) is 2.72. The fourth-order valence-electron chi connectivity index (χ4n) is 2.88. The molecule has 1 aliphatic heterocycles. The molecule has 0 radical (unpaired) electrons. The summed E-state index contributed by atoms with van der Waals surface area (Å²) >= 11 is 0. The number of rotatable bonds is 8. The molecule has 0 amide bonds. The Kier molecular flexibility index (Phi) is 5.75. The summed E-state index contributed by atoms with van der Waals surface area (Å²) in [6.07, 6.45) is 9.02. The molecule has 1 unspecified atom stereocenters. The van der Waals surface area contributed by atoms with E-state index in [1.54, 1.807) is 0 Å². The molecule has 0 aromatic rings. The average molecular weight is 240 g/mol. The maximum Gasteiger partial charge on any atom is 0.0431 e. The van der Waals surface area contributed by atoms with E-state index in [-0.39, 0.29) is 0 Å². The van der Waals surface area contributed by atoms with Gasteiger partial charge in [-0.1, -0.05) is 0 Å². The fourth-order valence-corrected chi connectivity index (χ4v) is 2.88. The minimum absolute atomic E-state index is 0.357. The van der Waals surface area contributed by atoms with Crippen LogP contribution in [0.5, 0.6) is 0 Å². The van der Waals surface area contributed by atoms with E-state index in [9.17, 15) is 0 Å². The molecule has 1 atom stereocenters. The van der Waals surface area contributed by atoms with Crippen molar-refractivity contribution in [1.29, 1.82) is 0 Å². The van der Waals surface area contributed by atoms with Crippen molar-refractivity contribution in [2.75, 3.05) is 32.8 Å². The monoisotopic (exact) mass is 240 g/mol. The Bertz CT molecular complexity index is 200. The third-order valence-electron chi connectivity index (χ3n) is 4.06. The van der Waals surface area contributed by atoms with E-state index >= 15 is 0 Å². The first-order valence-corrected chi connectivity index (χ1v) is 7.46. The number of hydrogen-bond acceptors (Lipinski definition) is 3. The van der Waals surface area contributed by atoms with Gasteiger partial charge in [-0.25, -0.2) is 0 Å². The second-order valence-corrected chi connectivity index (χ2v) is 5.72. The largest absolute Gasteiger partial charge is 0.396 e. The number of nitrogens with one attached hydrogen (secondary N) is 1. The zero-order chi connectivity index (χ0) is 11.9. The molecule has 2 aliphatic rings. The number of unbranched alkanes of at least 4 members (excludes halogenated alkanes) is 2. The van der Waals surface area contributed by atoms with E-state index in [2.05, 4.69) is 10.2 Å². The fraction of sp³-hybridized carbons (Fsp3) is 1.00. The van der Waals surface area contributed by atoms with E-state index in [1.807, 2.05) is 0 Å². The average Bonchev–Trinajstić information content (AvgIpc) is 3.19. The van der Waals surface area contributed by atoms with E-state index in [1.165, 1.54) is 64.7 Å². The molecule has 0 spiro atoms. The Morgan fingerprint density at radius 2 is 2.00 bits per heavy atom. The molecule has 2 rings (SSSR count). The van der Waals surface area contributed by atoms with Gasteiger partial charge >= 0.3 is 0 Å². The molecule has 0 aromatic carbocycles. The molecule has 100 valence electrons. The number of hydrogen-bond donors (Lipinski definition) is 2. The van der Waals surface area contributed by atoms with Crippen molar-refractivity contribution >= 4 is 0 Å². The second kappa shape index (κ2) is 7.34. The number of aliphatic hydroxyl groups is 1. The summed E-state index contributed by atoms with van der Waals surface area (Å²) in [6.45, 7) is 5.35. The molecule has 3 heteroatoms. The van der Waals surface area contributed by atoms with Crippen molar-refractivity contribution in [3.05, 3.63) is 0 Å². The molecule has 1 aliphatic carbocycles. The van der Waals surface area contributed by atoms with Crippen LogP contribution in [0.25, 0.3) is 0 Å². The number of nitrogens with zero attached hydrogens (tertiary/aromatic N) is 1. The Balaban J connectivity index is 1.65. The van der Waals surface area contributed by atoms with E-state index < -0.39 is 0 Å². The quantitative estimate of drug-likeness (QED) is 0.633. The van der Waals surface area contributed by atoms with Crippen LogP contribution in [0.1, 0.15) is 44.9 Å². The van der Waals surface area contributed by atoms with Crippen molar-refractivity contribution in [3.63, 3.8) is 0 Å². The van der Waals surface area contributed by atoms with Crippen molar-refractivity contribution < 1.29 is 5.11 Å². The van der Waals surface area contributed by atoms with Gasteiger partial charge in [0.25, 0.3) is 0 Å². The zero-order valence-corrected chi connectivity index (χ0v) is 11.0. The lowest BCUT2D eigenvalue weighted by atomic mass is 9.99. The predicted octanol–water partition coefficient (Wildman–Crippen LogP) is 1.61. The van der Waals surface area contributed by atoms with Crippen LogP contribution in [0, 0.1) is 5.92 Å². The van der Waals surface area contributed by atoms with Gasteiger partial charge in [0.15, 0.2) is 0 Å². The molecule has 3 nitrogen and oxygen atoms in total. The van der Waals surface area contributed by atoms with Crippen LogP contribution in [0.4, 0.5) is 0 Å². The standard InChI is InChI=1S/C14H28N2O/c17-10-3-1-2-9-16(14-6-7-14)12-13-5-4-8-15-11-13/h13-15,17H,1-12H2. The molecule has 2 N–H and O–H groups in total. The van der Waals surface area contributed by atoms with Gasteiger partial charge in [0.2, 0.25) is 0 Å². The summed E-state index contributed by atoms with van der Waals surface area (Å²) < 4.78 is 0. The molecule has 17 heavy (non-hydrogen) atoms. The summed E-state index contributed by atoms with van der Waals surface area (Å²) in [5, 5.41) is 12.3. The molecular formula is C14H28N2O. The van der Waals surface area contributed by atoms with Crippen LogP contribution in [0.15, 0.2) is 0 Å². The highest BCUT2D eigenvalue weighted by molar-refractivity contribution is 4.86. The minimum atomic E-state index is 0.357. The highest BCUT2D eigenvalue weighted by Gasteiger charge is 2.30. The lowest BCUT2D eigenvalue weighted by Gasteiger charge is -2.30. The van der Waals surface area contributed by atoms with Gasteiger partial charge in [-0.15, -0.1) is 0 Å². The zero-order valence-electron chi connectivity index (χ0n) is 11.0. The maximum absolute atomic E-state index is 8.79. The first-order valence-electron chi connectivity index (χ1n) is 7.46. The molecule has 1 heterocycles. The van der Waals surface area contributed by atoms with Gasteiger partial charge in [0.05, 0.1) is 0 Å². The van der Waals surface area contributed by atoms with Crippen LogP contribution in [0.2, 0.25) is 0 Å². The van der Waals surface area contributed by atoms with Crippen molar-refractivity contribution in [1.82, 2.24) is 10.2 Å². The Morgan fingerprint density at radius 3 is 2.65 bits per heavy atom. The molecule has 2 fully saturated rings. The first-order chi connectivity index (χ1) is 8.40. The van der Waals surface area contributed by atoms with E-state index in [4.69, 9.17) is 5.11 Å². The normalized spacial score (nSPS) is 25.4. The van der Waals surface area contributed by atoms with Crippen LogP contribution >= 0.6 is 0 Å². The first kappa shape index (κ1) is 13.3. The topological polar surface area (TPSA) is 35.5 Å². The summed E-state index contributed by atoms with van der Waals surface area (Å²) in [7, 11) is 0. The summed E-state index contributed by atoms with van der Waals surface area (Å²) in [6, 6.07) is 0.894. The molecule has 1 saturated heterocycles. The predicted molar refractivity (Wildman–Crippen MR) is 71.1 cm³/mol. The third-order valence-corrected chi connectivity index (χ3v) is 4.06. The van der Waals surface area contributed by atoms with Crippen molar-refractivity contribution in [2.24, 2.45) is 5.92 Å². The lowest BCUT2D eigenvalue weighted by molar-refractivity contribution is 0.194. The number of piperidine rings is 1. The molecular weight excluding hydrogens is 212 g/mol. The van der Waals surface area contributed by atoms with Crippen LogP contribution < -0.4 is 5.32 Å². The van der Waals surface area contributed by atoms with Crippen LogP contribution in [-0.2, 0) is 0 Å². The second-order valence-electron chi connectivity index (χ2n) is 5.72. The minimum Gasteiger partial charge on any atom is -0.396 e. The third kappa shape index (κ3) is 4.94. The molecule has 0 bridgehead atoms. The smallest absolute Gasteiger partial charge is 0.0431 e. The molecule has 0 aromatic heterocycles. The highest BCUT2D eigenvalue weighted by Crippen LogP contribution is 2.28. The van der Waals surface area contributed by atoms with Crippen LogP contribution in [-0.4, -0.2) is 48.8 Å². The Hall–Kier alpha value is -0.120. The lowest BCUT2D eigenvalue weighted by Crippen LogP contribution is -2.39. The Morgan fingerprint density at radius 1 is 1.12 bits per heavy atom. The van der Waals surface area contributed by atoms with Gasteiger partial charge in [0.1, 0.15) is 0 Å². The Labute approximate surface area is 106 Å². The van der Waals surface area contributed by atoms with Gasteiger partial charge in [0, 0.05) is 19.2 Å². The highest BCUT2D eigenvalue weighted by atomic mass is 16.2. The van der Waals surface area contributed by atoms with Gasteiger partial charge in [-0.05, 0) is 70.5 Å². The summed E-state index contributed by atoms with van der Waals surface area (Å²) in [5.41, 5.74) is 0. The maximum atomic E-state index is 8.79. The number of aliphatic hydroxyl groups excluding tert-OH is 1. The van der Waals surface area contributed by atoms with Gasteiger partial charge in [-0.3, -0.25) is 0 Å². The van der Waals surface area contributed by atoms with Crippen molar-refractivity contribution in [3.8, 4) is 0 Å². The van der Waals surface area contributed by atoms with E-state index in [0.717, 1.165) is 18.4 Å². The van der Waals surface area contributed by atoms with E-state index in [0.29, 0.717) is 6.61 Å². The molecule has 1 saturated carbocycles. The van der Waals surface area contributed by atoms with Crippen molar-refractivity contribution in [2.45, 2.75) is 51.0 Å². The van der Waals surface area contributed by atoms with Crippen LogP contribution in [0.3, 0.4) is 0 Å². The summed E-state index contributed by atoms with van der Waals surface area (Å²) in [5.74, 6) is 0.877. The van der Waals surface area contributed by atoms with Gasteiger partial charge in [-0.2, -0.15) is 0 Å².